The molecule has 0 radical (unpaired) electrons. The van der Waals surface area contributed by atoms with Gasteiger partial charge in [0.1, 0.15) is 13.2 Å². The van der Waals surface area contributed by atoms with Crippen LogP contribution in [-0.4, -0.2) is 73.4 Å². The Balaban J connectivity index is 3.95. The summed E-state index contributed by atoms with van der Waals surface area (Å²) in [5.74, 6) is -0.182. The highest BCUT2D eigenvalue weighted by atomic mass is 31.2. The topological polar surface area (TPSA) is 105 Å². The minimum absolute atomic E-state index is 0.0565. The van der Waals surface area contributed by atoms with E-state index in [1.165, 1.54) is 225 Å². The fourth-order valence-electron chi connectivity index (χ4n) is 9.76. The first kappa shape index (κ1) is 75.9. The van der Waals surface area contributed by atoms with E-state index in [-0.39, 0.29) is 19.1 Å². The number of unbranched alkanes of at least 4 members (excludes halogenated alkanes) is 38. The molecule has 0 aliphatic heterocycles. The smallest absolute Gasteiger partial charge is 0.387 e. The number of quaternary nitrogens is 1. The van der Waals surface area contributed by atoms with Crippen molar-refractivity contribution < 1.29 is 32.9 Å². The number of phosphoric acid groups is 1. The number of aliphatic hydroxyl groups is 1. The Labute approximate surface area is 484 Å². The summed E-state index contributed by atoms with van der Waals surface area (Å²) in [6.07, 6.45) is 83.4. The molecular weight excluding hydrogens is 984 g/mol. The minimum Gasteiger partial charge on any atom is -0.387 e. The Hall–Kier alpha value is -2.06. The van der Waals surface area contributed by atoms with Crippen molar-refractivity contribution >= 4 is 13.7 Å². The van der Waals surface area contributed by atoms with Gasteiger partial charge in [0, 0.05) is 6.42 Å². The molecule has 3 unspecified atom stereocenters. The first-order valence-electron chi connectivity index (χ1n) is 33.3. The van der Waals surface area contributed by atoms with E-state index in [1.54, 1.807) is 6.08 Å². The average Bonchev–Trinajstić information content (AvgIpc) is 3.40. The largest absolute Gasteiger partial charge is 0.472 e. The van der Waals surface area contributed by atoms with E-state index in [4.69, 9.17) is 9.05 Å². The van der Waals surface area contributed by atoms with Gasteiger partial charge >= 0.3 is 7.82 Å². The van der Waals surface area contributed by atoms with Crippen molar-refractivity contribution in [3.63, 3.8) is 0 Å². The van der Waals surface area contributed by atoms with Crippen LogP contribution in [0.2, 0.25) is 0 Å². The molecule has 78 heavy (non-hydrogen) atoms. The van der Waals surface area contributed by atoms with Crippen LogP contribution in [0.25, 0.3) is 0 Å². The number of rotatable bonds is 61. The molecule has 0 spiro atoms. The van der Waals surface area contributed by atoms with Crippen molar-refractivity contribution in [1.82, 2.24) is 5.32 Å². The molecule has 0 aliphatic rings. The molecule has 1 amide bonds. The maximum atomic E-state index is 13.0. The number of carbonyl (C=O) groups is 1. The van der Waals surface area contributed by atoms with Crippen LogP contribution in [0, 0.1) is 0 Å². The van der Waals surface area contributed by atoms with E-state index in [2.05, 4.69) is 79.9 Å². The molecule has 3 atom stereocenters. The predicted molar refractivity (Wildman–Crippen MR) is 341 cm³/mol. The summed E-state index contributed by atoms with van der Waals surface area (Å²) < 4.78 is 23.7. The van der Waals surface area contributed by atoms with E-state index in [0.29, 0.717) is 17.4 Å². The summed E-state index contributed by atoms with van der Waals surface area (Å²) >= 11 is 0. The van der Waals surface area contributed by atoms with Crippen molar-refractivity contribution in [2.45, 2.75) is 321 Å². The van der Waals surface area contributed by atoms with Gasteiger partial charge in [-0.2, -0.15) is 0 Å². The van der Waals surface area contributed by atoms with E-state index in [1.807, 2.05) is 27.2 Å². The second-order valence-electron chi connectivity index (χ2n) is 23.8. The van der Waals surface area contributed by atoms with Crippen molar-refractivity contribution in [2.75, 3.05) is 40.9 Å². The quantitative estimate of drug-likeness (QED) is 0.0243. The highest BCUT2D eigenvalue weighted by Crippen LogP contribution is 2.43. The van der Waals surface area contributed by atoms with Gasteiger partial charge in [-0.1, -0.05) is 305 Å². The number of phosphoric ester groups is 1. The molecule has 0 saturated carbocycles. The number of hydrogen-bond donors (Lipinski definition) is 3. The van der Waals surface area contributed by atoms with E-state index < -0.39 is 20.0 Å². The number of nitrogens with zero attached hydrogens (tertiary/aromatic N) is 1. The van der Waals surface area contributed by atoms with Crippen LogP contribution in [0.1, 0.15) is 309 Å². The molecule has 456 valence electrons. The molecule has 3 N–H and O–H groups in total. The lowest BCUT2D eigenvalue weighted by Gasteiger charge is -2.25. The van der Waals surface area contributed by atoms with Crippen LogP contribution >= 0.6 is 7.82 Å². The summed E-state index contributed by atoms with van der Waals surface area (Å²) in [6, 6.07) is -0.864. The Morgan fingerprint density at radius 3 is 1.18 bits per heavy atom. The van der Waals surface area contributed by atoms with Gasteiger partial charge in [-0.05, 0) is 70.6 Å². The molecule has 0 rings (SSSR count). The zero-order valence-corrected chi connectivity index (χ0v) is 53.0. The number of nitrogens with one attached hydrogen (secondary N) is 1. The minimum atomic E-state index is -4.36. The average molecular weight is 1110 g/mol. The van der Waals surface area contributed by atoms with Gasteiger partial charge in [0.05, 0.1) is 39.9 Å². The molecule has 0 fully saturated rings. The molecule has 0 saturated heterocycles. The van der Waals surface area contributed by atoms with E-state index in [9.17, 15) is 19.4 Å². The highest BCUT2D eigenvalue weighted by molar-refractivity contribution is 7.47. The summed E-state index contributed by atoms with van der Waals surface area (Å²) in [5, 5.41) is 13.9. The zero-order valence-electron chi connectivity index (χ0n) is 52.2. The molecule has 0 aromatic rings. The van der Waals surface area contributed by atoms with Crippen molar-refractivity contribution in [3.05, 3.63) is 72.9 Å². The lowest BCUT2D eigenvalue weighted by molar-refractivity contribution is -0.870. The molecule has 0 aliphatic carbocycles. The Morgan fingerprint density at radius 2 is 0.782 bits per heavy atom. The van der Waals surface area contributed by atoms with E-state index in [0.717, 1.165) is 64.2 Å². The SMILES string of the molecule is CC/C=C\C/C=C\C/C=C\C/C=C\CCCCCCCCCCCCCCCCCCCCCCCCCCCCC(=O)NC(COP(=O)(O)OCC[N+](C)(C)C)C(O)/C=C/CC/C=C/CCCCCCCCCCCCC. The molecule has 0 aromatic heterocycles. The fourth-order valence-corrected chi connectivity index (χ4v) is 10.5. The third-order valence-electron chi connectivity index (χ3n) is 14.9. The van der Waals surface area contributed by atoms with Crippen LogP contribution in [0.3, 0.4) is 0 Å². The van der Waals surface area contributed by atoms with Gasteiger partial charge in [0.25, 0.3) is 0 Å². The molecule has 0 heterocycles. The summed E-state index contributed by atoms with van der Waals surface area (Å²) in [5.41, 5.74) is 0. The maximum absolute atomic E-state index is 13.0. The van der Waals surface area contributed by atoms with Crippen LogP contribution in [0.5, 0.6) is 0 Å². The first-order valence-corrected chi connectivity index (χ1v) is 34.8. The molecule has 9 heteroatoms. The van der Waals surface area contributed by atoms with Crippen molar-refractivity contribution in [3.8, 4) is 0 Å². The Kier molecular flexibility index (Phi) is 58.0. The van der Waals surface area contributed by atoms with Crippen LogP contribution in [0.4, 0.5) is 0 Å². The third-order valence-corrected chi connectivity index (χ3v) is 15.9. The van der Waals surface area contributed by atoms with Gasteiger partial charge in [0.2, 0.25) is 5.91 Å². The summed E-state index contributed by atoms with van der Waals surface area (Å²) in [6.45, 7) is 4.71. The summed E-state index contributed by atoms with van der Waals surface area (Å²) in [4.78, 5) is 23.3. The Morgan fingerprint density at radius 1 is 0.449 bits per heavy atom. The Bertz CT molecular complexity index is 1500. The lowest BCUT2D eigenvalue weighted by Crippen LogP contribution is -2.45. The third kappa shape index (κ3) is 61.6. The fraction of sp³-hybridized carbons (Fsp3) is 0.812. The lowest BCUT2D eigenvalue weighted by atomic mass is 10.0. The highest BCUT2D eigenvalue weighted by Gasteiger charge is 2.28. The zero-order chi connectivity index (χ0) is 57.0. The van der Waals surface area contributed by atoms with Gasteiger partial charge in [-0.25, -0.2) is 4.57 Å². The number of hydrogen-bond acceptors (Lipinski definition) is 5. The van der Waals surface area contributed by atoms with Gasteiger partial charge < -0.3 is 19.8 Å². The number of carbonyl (C=O) groups excluding carboxylic acids is 1. The van der Waals surface area contributed by atoms with Crippen molar-refractivity contribution in [1.29, 1.82) is 0 Å². The molecule has 0 bridgehead atoms. The van der Waals surface area contributed by atoms with Crippen LogP contribution < -0.4 is 5.32 Å². The predicted octanol–water partition coefficient (Wildman–Crippen LogP) is 21.0. The number of aliphatic hydroxyl groups excluding tert-OH is 1. The molecular formula is C69H130N2O6P+. The van der Waals surface area contributed by atoms with E-state index >= 15 is 0 Å². The molecule has 8 nitrogen and oxygen atoms in total. The number of likely N-dealkylation sites (N-methyl/N-ethyl adjacent to an activating group) is 1. The monoisotopic (exact) mass is 1110 g/mol. The maximum Gasteiger partial charge on any atom is 0.472 e. The normalized spacial score (nSPS) is 14.2. The standard InChI is InChI=1S/C69H129N2O6P/c1-6-8-10-12-14-16-18-20-22-24-25-26-27-28-29-30-31-32-33-34-35-36-37-38-39-40-41-42-43-44-45-47-49-51-53-55-57-59-61-63-69(73)70-67(66-77-78(74,75)76-65-64-71(3,4)5)68(72)62-60-58-56-54-52-50-48-46-23-21-19-17-15-13-11-9-7-2/h8,10,14,16,20,22,25-26,52,54,60,62,67-68,72H,6-7,9,11-13,15,17-19,21,23-24,27-51,53,55-59,61,63-66H2,1-5H3,(H-,70,73,74,75)/p+1/b10-8-,16-14-,22-20-,26-25-,54-52+,62-60+. The van der Waals surface area contributed by atoms with Crippen LogP contribution in [0.15, 0.2) is 72.9 Å². The van der Waals surface area contributed by atoms with Gasteiger partial charge in [0.15, 0.2) is 0 Å². The summed E-state index contributed by atoms with van der Waals surface area (Å²) in [7, 11) is 1.56. The molecule has 0 aromatic carbocycles. The second kappa shape index (κ2) is 59.6. The van der Waals surface area contributed by atoms with Crippen molar-refractivity contribution in [2.24, 2.45) is 0 Å². The van der Waals surface area contributed by atoms with Gasteiger partial charge in [-0.15, -0.1) is 0 Å². The second-order valence-corrected chi connectivity index (χ2v) is 25.3. The number of amides is 1. The van der Waals surface area contributed by atoms with Crippen LogP contribution in [-0.2, 0) is 18.4 Å². The number of allylic oxidation sites excluding steroid dienone is 11. The van der Waals surface area contributed by atoms with Gasteiger partial charge in [-0.3, -0.25) is 13.8 Å². The first-order chi connectivity index (χ1) is 38.0.